The van der Waals surface area contributed by atoms with E-state index in [1.54, 1.807) is 0 Å². The van der Waals surface area contributed by atoms with Gasteiger partial charge in [0, 0.05) is 18.4 Å². The molecule has 0 bridgehead atoms. The SMILES string of the molecule is CC(NC(=O)C[C@H](NC(=O)OCC1c2ccccc2-c2ccccc21)C(C)C)C(=O)O. The Morgan fingerprint density at radius 1 is 0.935 bits per heavy atom. The minimum Gasteiger partial charge on any atom is -0.480 e. The van der Waals surface area contributed by atoms with Gasteiger partial charge in [-0.1, -0.05) is 62.4 Å². The number of hydrogen-bond acceptors (Lipinski definition) is 4. The summed E-state index contributed by atoms with van der Waals surface area (Å²) in [6, 6.07) is 14.7. The molecule has 0 aromatic heterocycles. The average molecular weight is 424 g/mol. The number of alkyl carbamates (subject to hydrolysis) is 1. The van der Waals surface area contributed by atoms with E-state index in [9.17, 15) is 14.4 Å². The number of fused-ring (bicyclic) bond motifs is 3. The summed E-state index contributed by atoms with van der Waals surface area (Å²) in [4.78, 5) is 35.5. The van der Waals surface area contributed by atoms with Crippen LogP contribution in [-0.2, 0) is 14.3 Å². The number of carbonyl (C=O) groups is 3. The molecule has 2 atom stereocenters. The molecule has 1 unspecified atom stereocenters. The Bertz CT molecular complexity index is 926. The molecule has 0 fully saturated rings. The summed E-state index contributed by atoms with van der Waals surface area (Å²) in [5.41, 5.74) is 4.55. The molecule has 3 rings (SSSR count). The standard InChI is InChI=1S/C24H28N2O5/c1-14(2)21(12-22(27)25-15(3)23(28)29)26-24(30)31-13-20-18-10-6-4-8-16(18)17-9-5-7-11-19(17)20/h4-11,14-15,20-21H,12-13H2,1-3H3,(H,25,27)(H,26,30)(H,28,29)/t15?,21-/m0/s1. The third-order valence-electron chi connectivity index (χ3n) is 5.60. The van der Waals surface area contributed by atoms with Gasteiger partial charge < -0.3 is 20.5 Å². The minimum absolute atomic E-state index is 0.0283. The van der Waals surface area contributed by atoms with E-state index in [1.165, 1.54) is 6.92 Å². The molecule has 7 nitrogen and oxygen atoms in total. The zero-order valence-electron chi connectivity index (χ0n) is 17.9. The summed E-state index contributed by atoms with van der Waals surface area (Å²) in [6.07, 6.45) is -0.626. The van der Waals surface area contributed by atoms with Crippen LogP contribution in [0.1, 0.15) is 44.2 Å². The van der Waals surface area contributed by atoms with E-state index < -0.39 is 30.1 Å². The first-order valence-electron chi connectivity index (χ1n) is 10.4. The topological polar surface area (TPSA) is 105 Å². The molecule has 31 heavy (non-hydrogen) atoms. The Kier molecular flexibility index (Phi) is 6.95. The van der Waals surface area contributed by atoms with Crippen molar-refractivity contribution in [3.05, 3.63) is 59.7 Å². The van der Waals surface area contributed by atoms with Crippen molar-refractivity contribution in [2.45, 2.75) is 45.2 Å². The number of hydrogen-bond donors (Lipinski definition) is 3. The van der Waals surface area contributed by atoms with Crippen LogP contribution < -0.4 is 10.6 Å². The van der Waals surface area contributed by atoms with Crippen molar-refractivity contribution in [2.75, 3.05) is 6.61 Å². The Morgan fingerprint density at radius 2 is 1.48 bits per heavy atom. The largest absolute Gasteiger partial charge is 0.480 e. The molecule has 0 aliphatic heterocycles. The molecule has 0 heterocycles. The quantitative estimate of drug-likeness (QED) is 0.601. The molecule has 1 aliphatic carbocycles. The number of nitrogens with one attached hydrogen (secondary N) is 2. The maximum atomic E-state index is 12.5. The fourth-order valence-electron chi connectivity index (χ4n) is 3.81. The van der Waals surface area contributed by atoms with Gasteiger partial charge in [0.2, 0.25) is 5.91 Å². The molecule has 7 heteroatoms. The van der Waals surface area contributed by atoms with Crippen molar-refractivity contribution in [3.63, 3.8) is 0 Å². The van der Waals surface area contributed by atoms with Crippen molar-refractivity contribution in [1.82, 2.24) is 10.6 Å². The minimum atomic E-state index is -1.11. The van der Waals surface area contributed by atoms with Crippen LogP contribution in [-0.4, -0.2) is 41.8 Å². The molecule has 164 valence electrons. The highest BCUT2D eigenvalue weighted by atomic mass is 16.5. The number of carboxylic acids is 1. The summed E-state index contributed by atoms with van der Waals surface area (Å²) in [5.74, 6) is -1.63. The molecule has 0 saturated carbocycles. The summed E-state index contributed by atoms with van der Waals surface area (Å²) < 4.78 is 5.55. The normalized spacial score (nSPS) is 14.3. The molecule has 2 amide bonds. The van der Waals surface area contributed by atoms with Crippen LogP contribution in [0, 0.1) is 5.92 Å². The number of carbonyl (C=O) groups excluding carboxylic acids is 2. The molecule has 0 spiro atoms. The Morgan fingerprint density at radius 3 is 2.00 bits per heavy atom. The van der Waals surface area contributed by atoms with Crippen molar-refractivity contribution in [3.8, 4) is 11.1 Å². The zero-order valence-corrected chi connectivity index (χ0v) is 17.9. The van der Waals surface area contributed by atoms with Crippen LogP contribution in [0.2, 0.25) is 0 Å². The molecular formula is C24H28N2O5. The lowest BCUT2D eigenvalue weighted by Crippen LogP contribution is -2.45. The molecule has 3 N–H and O–H groups in total. The lowest BCUT2D eigenvalue weighted by Gasteiger charge is -2.23. The maximum Gasteiger partial charge on any atom is 0.407 e. The van der Waals surface area contributed by atoms with Gasteiger partial charge in [0.15, 0.2) is 0 Å². The van der Waals surface area contributed by atoms with E-state index in [-0.39, 0.29) is 24.9 Å². The third kappa shape index (κ3) is 5.23. The maximum absolute atomic E-state index is 12.5. The van der Waals surface area contributed by atoms with Crippen LogP contribution in [0.25, 0.3) is 11.1 Å². The van der Waals surface area contributed by atoms with Crippen LogP contribution in [0.4, 0.5) is 4.79 Å². The van der Waals surface area contributed by atoms with Gasteiger partial charge >= 0.3 is 12.1 Å². The van der Waals surface area contributed by atoms with E-state index in [1.807, 2.05) is 50.2 Å². The highest BCUT2D eigenvalue weighted by Crippen LogP contribution is 2.44. The van der Waals surface area contributed by atoms with E-state index in [2.05, 4.69) is 22.8 Å². The van der Waals surface area contributed by atoms with Gasteiger partial charge in [0.25, 0.3) is 0 Å². The van der Waals surface area contributed by atoms with E-state index >= 15 is 0 Å². The Balaban J connectivity index is 1.61. The van der Waals surface area contributed by atoms with Gasteiger partial charge in [-0.15, -0.1) is 0 Å². The molecule has 0 radical (unpaired) electrons. The van der Waals surface area contributed by atoms with Gasteiger partial charge in [-0.2, -0.15) is 0 Å². The van der Waals surface area contributed by atoms with Crippen molar-refractivity contribution in [1.29, 1.82) is 0 Å². The first-order chi connectivity index (χ1) is 14.8. The number of carboxylic acid groups (broad SMARTS) is 1. The second-order valence-electron chi connectivity index (χ2n) is 8.15. The number of aliphatic carboxylic acids is 1. The highest BCUT2D eigenvalue weighted by Gasteiger charge is 2.29. The number of benzene rings is 2. The van der Waals surface area contributed by atoms with Crippen molar-refractivity contribution in [2.24, 2.45) is 5.92 Å². The van der Waals surface area contributed by atoms with E-state index in [4.69, 9.17) is 9.84 Å². The molecule has 0 saturated heterocycles. The third-order valence-corrected chi connectivity index (χ3v) is 5.60. The van der Waals surface area contributed by atoms with Gasteiger partial charge in [0.1, 0.15) is 12.6 Å². The van der Waals surface area contributed by atoms with Crippen molar-refractivity contribution >= 4 is 18.0 Å². The molecular weight excluding hydrogens is 396 g/mol. The monoisotopic (exact) mass is 424 g/mol. The summed E-state index contributed by atoms with van der Waals surface area (Å²) >= 11 is 0. The van der Waals surface area contributed by atoms with E-state index in [0.717, 1.165) is 22.3 Å². The van der Waals surface area contributed by atoms with Crippen molar-refractivity contribution < 1.29 is 24.2 Å². The second kappa shape index (κ2) is 9.64. The van der Waals surface area contributed by atoms with Crippen LogP contribution >= 0.6 is 0 Å². The summed E-state index contributed by atoms with van der Waals surface area (Å²) in [6.45, 7) is 5.33. The predicted molar refractivity (Wildman–Crippen MR) is 117 cm³/mol. The average Bonchev–Trinajstić information content (AvgIpc) is 3.05. The van der Waals surface area contributed by atoms with Gasteiger partial charge in [-0.25, -0.2) is 4.79 Å². The molecule has 1 aliphatic rings. The van der Waals surface area contributed by atoms with Gasteiger partial charge in [0.05, 0.1) is 0 Å². The highest BCUT2D eigenvalue weighted by molar-refractivity contribution is 5.84. The fourth-order valence-corrected chi connectivity index (χ4v) is 3.81. The smallest absolute Gasteiger partial charge is 0.407 e. The number of ether oxygens (including phenoxy) is 1. The Hall–Kier alpha value is -3.35. The van der Waals surface area contributed by atoms with Crippen LogP contribution in [0.15, 0.2) is 48.5 Å². The van der Waals surface area contributed by atoms with E-state index in [0.29, 0.717) is 0 Å². The molecule has 2 aromatic carbocycles. The Labute approximate surface area is 181 Å². The van der Waals surface area contributed by atoms with Gasteiger partial charge in [-0.05, 0) is 35.1 Å². The fraction of sp³-hybridized carbons (Fsp3) is 0.375. The molecule has 2 aromatic rings. The first kappa shape index (κ1) is 22.3. The van der Waals surface area contributed by atoms with Crippen LogP contribution in [0.5, 0.6) is 0 Å². The zero-order chi connectivity index (χ0) is 22.5. The van der Waals surface area contributed by atoms with Gasteiger partial charge in [-0.3, -0.25) is 9.59 Å². The predicted octanol–water partition coefficient (Wildman–Crippen LogP) is 3.53. The lowest BCUT2D eigenvalue weighted by molar-refractivity contribution is -0.141. The number of rotatable bonds is 8. The number of amides is 2. The van der Waals surface area contributed by atoms with Crippen LogP contribution in [0.3, 0.4) is 0 Å². The second-order valence-corrected chi connectivity index (χ2v) is 8.15. The lowest BCUT2D eigenvalue weighted by atomic mass is 9.98. The summed E-state index contributed by atoms with van der Waals surface area (Å²) in [5, 5.41) is 14.1. The first-order valence-corrected chi connectivity index (χ1v) is 10.4. The summed E-state index contributed by atoms with van der Waals surface area (Å²) in [7, 11) is 0.